The van der Waals surface area contributed by atoms with Crippen molar-refractivity contribution in [2.75, 3.05) is 13.7 Å². The summed E-state index contributed by atoms with van der Waals surface area (Å²) in [6, 6.07) is 4.64. The Labute approximate surface area is 106 Å². The van der Waals surface area contributed by atoms with Crippen molar-refractivity contribution in [1.29, 1.82) is 0 Å². The molecule has 1 fully saturated rings. The molecule has 1 heterocycles. The first kappa shape index (κ1) is 11.9. The Bertz CT molecular complexity index is 372. The maximum atomic E-state index is 5.54. The molecule has 1 aliphatic rings. The number of benzene rings is 1. The number of rotatable bonds is 2. The summed E-state index contributed by atoms with van der Waals surface area (Å²) in [5.74, 6) is 1.02. The highest BCUT2D eigenvalue weighted by atomic mass is 79.9. The first-order valence-corrected chi connectivity index (χ1v) is 6.59. The van der Waals surface area contributed by atoms with Gasteiger partial charge in [0.1, 0.15) is 5.75 Å². The molecule has 1 saturated heterocycles. The Morgan fingerprint density at radius 2 is 2.19 bits per heavy atom. The lowest BCUT2D eigenvalue weighted by atomic mass is 9.95. The molecule has 2 rings (SSSR count). The third kappa shape index (κ3) is 2.25. The van der Waals surface area contributed by atoms with E-state index in [4.69, 9.17) is 4.74 Å². The van der Waals surface area contributed by atoms with E-state index in [1.165, 1.54) is 30.4 Å². The molecule has 16 heavy (non-hydrogen) atoms. The highest BCUT2D eigenvalue weighted by Gasteiger charge is 2.22. The van der Waals surface area contributed by atoms with Crippen molar-refractivity contribution in [3.63, 3.8) is 0 Å². The van der Waals surface area contributed by atoms with E-state index in [9.17, 15) is 0 Å². The van der Waals surface area contributed by atoms with Crippen LogP contribution in [0.1, 0.15) is 36.4 Å². The number of hydrogen-bond acceptors (Lipinski definition) is 2. The Morgan fingerprint density at radius 1 is 1.38 bits per heavy atom. The van der Waals surface area contributed by atoms with E-state index in [0.717, 1.165) is 16.8 Å². The molecule has 1 unspecified atom stereocenters. The second-order valence-electron chi connectivity index (χ2n) is 4.31. The van der Waals surface area contributed by atoms with Crippen LogP contribution in [-0.4, -0.2) is 13.7 Å². The van der Waals surface area contributed by atoms with Crippen LogP contribution in [0.25, 0.3) is 0 Å². The lowest BCUT2D eigenvalue weighted by Crippen LogP contribution is -2.27. The van der Waals surface area contributed by atoms with Crippen molar-refractivity contribution in [2.45, 2.75) is 32.2 Å². The first-order chi connectivity index (χ1) is 7.74. The van der Waals surface area contributed by atoms with Gasteiger partial charge in [-0.1, -0.05) is 28.4 Å². The van der Waals surface area contributed by atoms with Gasteiger partial charge in [-0.05, 0) is 37.9 Å². The summed E-state index contributed by atoms with van der Waals surface area (Å²) >= 11 is 3.64. The molecule has 1 atom stereocenters. The van der Waals surface area contributed by atoms with Gasteiger partial charge < -0.3 is 10.1 Å². The number of piperidine rings is 1. The zero-order valence-electron chi connectivity index (χ0n) is 9.85. The van der Waals surface area contributed by atoms with Crippen LogP contribution in [0, 0.1) is 6.92 Å². The molecular weight excluding hydrogens is 266 g/mol. The lowest BCUT2D eigenvalue weighted by Gasteiger charge is -2.27. The number of ether oxygens (including phenoxy) is 1. The van der Waals surface area contributed by atoms with Crippen molar-refractivity contribution in [2.24, 2.45) is 0 Å². The third-order valence-electron chi connectivity index (χ3n) is 3.20. The Morgan fingerprint density at radius 3 is 2.81 bits per heavy atom. The number of methoxy groups -OCH3 is 1. The molecule has 1 aromatic rings. The molecular formula is C13H18BrNO. The lowest BCUT2D eigenvalue weighted by molar-refractivity contribution is 0.370. The Balaban J connectivity index is 2.40. The van der Waals surface area contributed by atoms with Crippen LogP contribution in [0.3, 0.4) is 0 Å². The summed E-state index contributed by atoms with van der Waals surface area (Å²) in [4.78, 5) is 0. The van der Waals surface area contributed by atoms with Gasteiger partial charge in [-0.2, -0.15) is 0 Å². The molecule has 2 nitrogen and oxygen atoms in total. The summed E-state index contributed by atoms with van der Waals surface area (Å²) in [5, 5.41) is 3.57. The van der Waals surface area contributed by atoms with Gasteiger partial charge in [0.2, 0.25) is 0 Å². The van der Waals surface area contributed by atoms with E-state index in [1.54, 1.807) is 7.11 Å². The van der Waals surface area contributed by atoms with Crippen LogP contribution >= 0.6 is 15.9 Å². The topological polar surface area (TPSA) is 21.3 Å². The van der Waals surface area contributed by atoms with Gasteiger partial charge >= 0.3 is 0 Å². The zero-order chi connectivity index (χ0) is 11.5. The standard InChI is InChI=1S/C13H18BrNO/c1-9-6-7-10(14)12(13(9)16-2)11-5-3-4-8-15-11/h6-7,11,15H,3-5,8H2,1-2H3. The Hall–Kier alpha value is -0.540. The minimum Gasteiger partial charge on any atom is -0.496 e. The number of aryl methyl sites for hydroxylation is 1. The molecule has 0 aliphatic carbocycles. The molecule has 88 valence electrons. The van der Waals surface area contributed by atoms with Crippen molar-refractivity contribution in [1.82, 2.24) is 5.32 Å². The normalized spacial score (nSPS) is 20.8. The first-order valence-electron chi connectivity index (χ1n) is 5.80. The summed E-state index contributed by atoms with van der Waals surface area (Å²) in [5.41, 5.74) is 2.48. The average molecular weight is 284 g/mol. The van der Waals surface area contributed by atoms with Crippen LogP contribution in [0.4, 0.5) is 0 Å². The van der Waals surface area contributed by atoms with Gasteiger partial charge in [-0.25, -0.2) is 0 Å². The van der Waals surface area contributed by atoms with E-state index < -0.39 is 0 Å². The summed E-state index contributed by atoms with van der Waals surface area (Å²) in [6.07, 6.45) is 3.77. The molecule has 1 aliphatic heterocycles. The van der Waals surface area contributed by atoms with E-state index in [1.807, 2.05) is 0 Å². The van der Waals surface area contributed by atoms with E-state index >= 15 is 0 Å². The second-order valence-corrected chi connectivity index (χ2v) is 5.17. The molecule has 0 aromatic heterocycles. The minimum absolute atomic E-state index is 0.429. The number of nitrogens with one attached hydrogen (secondary N) is 1. The fraction of sp³-hybridized carbons (Fsp3) is 0.538. The van der Waals surface area contributed by atoms with Crippen LogP contribution in [0.5, 0.6) is 5.75 Å². The molecule has 1 N–H and O–H groups in total. The SMILES string of the molecule is COc1c(C)ccc(Br)c1C1CCCCN1. The quantitative estimate of drug-likeness (QED) is 0.896. The Kier molecular flexibility index (Phi) is 3.87. The summed E-state index contributed by atoms with van der Waals surface area (Å²) in [6.45, 7) is 3.20. The predicted molar refractivity (Wildman–Crippen MR) is 70.0 cm³/mol. The third-order valence-corrected chi connectivity index (χ3v) is 3.89. The molecule has 1 aromatic carbocycles. The van der Waals surface area contributed by atoms with Crippen LogP contribution in [-0.2, 0) is 0 Å². The minimum atomic E-state index is 0.429. The van der Waals surface area contributed by atoms with Gasteiger partial charge in [-0.3, -0.25) is 0 Å². The average Bonchev–Trinajstić information content (AvgIpc) is 2.33. The van der Waals surface area contributed by atoms with Gasteiger partial charge in [0.25, 0.3) is 0 Å². The fourth-order valence-electron chi connectivity index (χ4n) is 2.38. The fourth-order valence-corrected chi connectivity index (χ4v) is 2.97. The smallest absolute Gasteiger partial charge is 0.127 e. The largest absolute Gasteiger partial charge is 0.496 e. The monoisotopic (exact) mass is 283 g/mol. The van der Waals surface area contributed by atoms with Crippen molar-refractivity contribution >= 4 is 15.9 Å². The van der Waals surface area contributed by atoms with Gasteiger partial charge in [0, 0.05) is 16.1 Å². The van der Waals surface area contributed by atoms with Crippen molar-refractivity contribution in [3.05, 3.63) is 27.7 Å². The molecule has 0 radical (unpaired) electrons. The molecule has 0 spiro atoms. The predicted octanol–water partition coefficient (Wildman–Crippen LogP) is 3.58. The van der Waals surface area contributed by atoms with Gasteiger partial charge in [-0.15, -0.1) is 0 Å². The van der Waals surface area contributed by atoms with Crippen LogP contribution in [0.2, 0.25) is 0 Å². The highest BCUT2D eigenvalue weighted by molar-refractivity contribution is 9.10. The van der Waals surface area contributed by atoms with E-state index in [-0.39, 0.29) is 0 Å². The maximum Gasteiger partial charge on any atom is 0.127 e. The molecule has 0 amide bonds. The summed E-state index contributed by atoms with van der Waals surface area (Å²) < 4.78 is 6.69. The zero-order valence-corrected chi connectivity index (χ0v) is 11.4. The van der Waals surface area contributed by atoms with Crippen LogP contribution < -0.4 is 10.1 Å². The highest BCUT2D eigenvalue weighted by Crippen LogP contribution is 2.38. The number of halogens is 1. The number of hydrogen-bond donors (Lipinski definition) is 1. The molecule has 0 saturated carbocycles. The molecule has 3 heteroatoms. The second kappa shape index (κ2) is 5.19. The van der Waals surface area contributed by atoms with E-state index in [0.29, 0.717) is 6.04 Å². The van der Waals surface area contributed by atoms with E-state index in [2.05, 4.69) is 40.3 Å². The summed E-state index contributed by atoms with van der Waals surface area (Å²) in [7, 11) is 1.75. The van der Waals surface area contributed by atoms with Crippen molar-refractivity contribution in [3.8, 4) is 5.75 Å². The van der Waals surface area contributed by atoms with Gasteiger partial charge in [0.15, 0.2) is 0 Å². The van der Waals surface area contributed by atoms with Gasteiger partial charge in [0.05, 0.1) is 7.11 Å². The van der Waals surface area contributed by atoms with Crippen molar-refractivity contribution < 1.29 is 4.74 Å². The maximum absolute atomic E-state index is 5.54. The van der Waals surface area contributed by atoms with Crippen LogP contribution in [0.15, 0.2) is 16.6 Å². The molecule has 0 bridgehead atoms.